The van der Waals surface area contributed by atoms with Crippen LogP contribution in [0.1, 0.15) is 32.6 Å². The molecule has 2 N–H and O–H groups in total. The molecule has 3 unspecified atom stereocenters. The SMILES string of the molecule is CCCC1CC(NCC(O)C(F)F)CCO1. The van der Waals surface area contributed by atoms with Gasteiger partial charge in [0.15, 0.2) is 0 Å². The Hall–Kier alpha value is -0.260. The monoisotopic (exact) mass is 237 g/mol. The lowest BCUT2D eigenvalue weighted by molar-refractivity contribution is -0.0206. The number of halogens is 2. The molecule has 0 bridgehead atoms. The maximum absolute atomic E-state index is 12.1. The number of ether oxygens (including phenoxy) is 1. The summed E-state index contributed by atoms with van der Waals surface area (Å²) in [6.07, 6.45) is -0.238. The van der Waals surface area contributed by atoms with Crippen LogP contribution in [0.25, 0.3) is 0 Å². The highest BCUT2D eigenvalue weighted by atomic mass is 19.3. The van der Waals surface area contributed by atoms with Crippen molar-refractivity contribution in [2.45, 2.75) is 57.3 Å². The van der Waals surface area contributed by atoms with Gasteiger partial charge in [-0.05, 0) is 19.3 Å². The Labute approximate surface area is 95.2 Å². The van der Waals surface area contributed by atoms with Crippen molar-refractivity contribution in [3.63, 3.8) is 0 Å². The highest BCUT2D eigenvalue weighted by Gasteiger charge is 2.23. The molecule has 96 valence electrons. The van der Waals surface area contributed by atoms with Crippen molar-refractivity contribution in [2.75, 3.05) is 13.2 Å². The zero-order valence-electron chi connectivity index (χ0n) is 9.66. The lowest BCUT2D eigenvalue weighted by atomic mass is 10.00. The average Bonchev–Trinajstić information content (AvgIpc) is 2.26. The van der Waals surface area contributed by atoms with Crippen LogP contribution in [-0.4, -0.2) is 42.9 Å². The third-order valence-electron chi connectivity index (χ3n) is 2.88. The van der Waals surface area contributed by atoms with E-state index in [0.717, 1.165) is 25.7 Å². The van der Waals surface area contributed by atoms with Crippen molar-refractivity contribution in [1.82, 2.24) is 5.32 Å². The molecule has 0 aromatic heterocycles. The molecule has 0 saturated carbocycles. The highest BCUT2D eigenvalue weighted by Crippen LogP contribution is 2.17. The first-order valence-electron chi connectivity index (χ1n) is 5.94. The summed E-state index contributed by atoms with van der Waals surface area (Å²) < 4.78 is 29.7. The number of rotatable bonds is 6. The summed E-state index contributed by atoms with van der Waals surface area (Å²) in [4.78, 5) is 0. The van der Waals surface area contributed by atoms with E-state index in [0.29, 0.717) is 6.61 Å². The molecule has 0 aliphatic carbocycles. The second-order valence-electron chi connectivity index (χ2n) is 4.31. The van der Waals surface area contributed by atoms with Gasteiger partial charge in [-0.1, -0.05) is 13.3 Å². The quantitative estimate of drug-likeness (QED) is 0.736. The minimum absolute atomic E-state index is 0.0405. The van der Waals surface area contributed by atoms with Crippen molar-refractivity contribution >= 4 is 0 Å². The molecule has 0 radical (unpaired) electrons. The number of aliphatic hydroxyl groups is 1. The van der Waals surface area contributed by atoms with Gasteiger partial charge < -0.3 is 15.2 Å². The summed E-state index contributed by atoms with van der Waals surface area (Å²) in [5, 5.41) is 12.0. The fraction of sp³-hybridized carbons (Fsp3) is 1.00. The Morgan fingerprint density at radius 3 is 2.88 bits per heavy atom. The molecule has 1 heterocycles. The molecule has 3 nitrogen and oxygen atoms in total. The topological polar surface area (TPSA) is 41.5 Å². The van der Waals surface area contributed by atoms with E-state index in [1.54, 1.807) is 0 Å². The zero-order valence-corrected chi connectivity index (χ0v) is 9.66. The van der Waals surface area contributed by atoms with Gasteiger partial charge in [0.25, 0.3) is 6.43 Å². The molecule has 0 amide bonds. The van der Waals surface area contributed by atoms with Crippen molar-refractivity contribution in [1.29, 1.82) is 0 Å². The van der Waals surface area contributed by atoms with E-state index in [9.17, 15) is 8.78 Å². The van der Waals surface area contributed by atoms with E-state index >= 15 is 0 Å². The molecule has 1 fully saturated rings. The molecule has 16 heavy (non-hydrogen) atoms. The molecular weight excluding hydrogens is 216 g/mol. The summed E-state index contributed by atoms with van der Waals surface area (Å²) in [5.41, 5.74) is 0. The number of nitrogens with one attached hydrogen (secondary N) is 1. The molecule has 0 aromatic rings. The summed E-state index contributed by atoms with van der Waals surface area (Å²) in [6, 6.07) is 0.193. The van der Waals surface area contributed by atoms with Crippen LogP contribution in [0.5, 0.6) is 0 Å². The van der Waals surface area contributed by atoms with Gasteiger partial charge >= 0.3 is 0 Å². The molecule has 1 aliphatic heterocycles. The summed E-state index contributed by atoms with van der Waals surface area (Å²) >= 11 is 0. The van der Waals surface area contributed by atoms with Crippen molar-refractivity contribution in [2.24, 2.45) is 0 Å². The first-order chi connectivity index (χ1) is 7.63. The Morgan fingerprint density at radius 1 is 1.50 bits per heavy atom. The van der Waals surface area contributed by atoms with Gasteiger partial charge in [-0.15, -0.1) is 0 Å². The van der Waals surface area contributed by atoms with E-state index in [2.05, 4.69) is 12.2 Å². The standard InChI is InChI=1S/C11H21F2NO2/c1-2-3-9-6-8(4-5-16-9)14-7-10(15)11(12)13/h8-11,14-15H,2-7H2,1H3. The number of hydrogen-bond donors (Lipinski definition) is 2. The van der Waals surface area contributed by atoms with Crippen LogP contribution < -0.4 is 5.32 Å². The lowest BCUT2D eigenvalue weighted by Crippen LogP contribution is -2.43. The fourth-order valence-electron chi connectivity index (χ4n) is 1.97. The van der Waals surface area contributed by atoms with Crippen LogP contribution >= 0.6 is 0 Å². The minimum Gasteiger partial charge on any atom is -0.386 e. The summed E-state index contributed by atoms with van der Waals surface area (Å²) in [5.74, 6) is 0. The van der Waals surface area contributed by atoms with Crippen LogP contribution in [0.2, 0.25) is 0 Å². The van der Waals surface area contributed by atoms with Gasteiger partial charge in [0.1, 0.15) is 6.10 Å². The van der Waals surface area contributed by atoms with Crippen molar-refractivity contribution in [3.8, 4) is 0 Å². The maximum atomic E-state index is 12.1. The summed E-state index contributed by atoms with van der Waals surface area (Å²) in [6.45, 7) is 2.73. The maximum Gasteiger partial charge on any atom is 0.265 e. The van der Waals surface area contributed by atoms with Crippen molar-refractivity contribution in [3.05, 3.63) is 0 Å². The first kappa shape index (κ1) is 13.8. The van der Waals surface area contributed by atoms with Gasteiger partial charge in [-0.2, -0.15) is 0 Å². The van der Waals surface area contributed by atoms with Crippen LogP contribution in [0.15, 0.2) is 0 Å². The van der Waals surface area contributed by atoms with E-state index in [1.807, 2.05) is 0 Å². The van der Waals surface area contributed by atoms with Gasteiger partial charge in [-0.3, -0.25) is 0 Å². The van der Waals surface area contributed by atoms with Crippen LogP contribution in [0.3, 0.4) is 0 Å². The summed E-state index contributed by atoms with van der Waals surface area (Å²) in [7, 11) is 0. The normalized spacial score (nSPS) is 28.3. The molecular formula is C11H21F2NO2. The Balaban J connectivity index is 2.21. The molecule has 0 aromatic carbocycles. The highest BCUT2D eigenvalue weighted by molar-refractivity contribution is 4.78. The molecule has 1 saturated heterocycles. The molecule has 1 rings (SSSR count). The van der Waals surface area contributed by atoms with Crippen LogP contribution in [0, 0.1) is 0 Å². The largest absolute Gasteiger partial charge is 0.386 e. The van der Waals surface area contributed by atoms with Gasteiger partial charge in [0, 0.05) is 19.2 Å². The number of hydrogen-bond acceptors (Lipinski definition) is 3. The third-order valence-corrected chi connectivity index (χ3v) is 2.88. The second-order valence-corrected chi connectivity index (χ2v) is 4.31. The molecule has 3 atom stereocenters. The van der Waals surface area contributed by atoms with Crippen molar-refractivity contribution < 1.29 is 18.6 Å². The minimum atomic E-state index is -2.67. The Bertz CT molecular complexity index is 191. The Kier molecular flexibility index (Phi) is 6.16. The average molecular weight is 237 g/mol. The van der Waals surface area contributed by atoms with Crippen LogP contribution in [0.4, 0.5) is 8.78 Å². The predicted octanol–water partition coefficient (Wildman–Crippen LogP) is 1.55. The lowest BCUT2D eigenvalue weighted by Gasteiger charge is -2.30. The number of aliphatic hydroxyl groups excluding tert-OH is 1. The van der Waals surface area contributed by atoms with E-state index in [-0.39, 0.29) is 18.7 Å². The zero-order chi connectivity index (χ0) is 12.0. The van der Waals surface area contributed by atoms with Gasteiger partial charge in [0.2, 0.25) is 0 Å². The van der Waals surface area contributed by atoms with E-state index < -0.39 is 12.5 Å². The Morgan fingerprint density at radius 2 is 2.25 bits per heavy atom. The fourth-order valence-corrected chi connectivity index (χ4v) is 1.97. The van der Waals surface area contributed by atoms with Gasteiger partial charge in [-0.25, -0.2) is 8.78 Å². The predicted molar refractivity (Wildman–Crippen MR) is 57.7 cm³/mol. The first-order valence-corrected chi connectivity index (χ1v) is 5.94. The number of alkyl halides is 2. The second kappa shape index (κ2) is 7.14. The molecule has 0 spiro atoms. The van der Waals surface area contributed by atoms with Crippen LogP contribution in [-0.2, 0) is 4.74 Å². The molecule has 5 heteroatoms. The smallest absolute Gasteiger partial charge is 0.265 e. The molecule has 1 aliphatic rings. The van der Waals surface area contributed by atoms with E-state index in [4.69, 9.17) is 9.84 Å². The van der Waals surface area contributed by atoms with Gasteiger partial charge in [0.05, 0.1) is 6.10 Å². The third kappa shape index (κ3) is 4.72. The van der Waals surface area contributed by atoms with E-state index in [1.165, 1.54) is 0 Å².